The minimum Gasteiger partial charge on any atom is -0.329 e. The highest BCUT2D eigenvalue weighted by Crippen LogP contribution is 2.24. The smallest absolute Gasteiger partial charge is 0.255 e. The standard InChI is InChI=1S/C21H20FN3O3/c22-16-7-9-17(10-8-16)23-20(27)15-5-3-14(4-6-15)12-24-13-19(26)25-11-1-2-18(25)21(24)28/h3-10,18H,1-2,11-13H2,(H,23,27). The predicted octanol–water partition coefficient (Wildman–Crippen LogP) is 2.41. The Balaban J connectivity index is 1.40. The van der Waals surface area contributed by atoms with Crippen molar-refractivity contribution in [3.8, 4) is 0 Å². The Bertz CT molecular complexity index is 911. The number of benzene rings is 2. The lowest BCUT2D eigenvalue weighted by Gasteiger charge is -2.36. The van der Waals surface area contributed by atoms with Crippen LogP contribution in [0.15, 0.2) is 48.5 Å². The molecule has 2 heterocycles. The molecule has 0 saturated carbocycles. The van der Waals surface area contributed by atoms with Gasteiger partial charge in [0.1, 0.15) is 18.4 Å². The van der Waals surface area contributed by atoms with Crippen molar-refractivity contribution in [2.75, 3.05) is 18.4 Å². The number of anilines is 1. The van der Waals surface area contributed by atoms with Gasteiger partial charge in [0.05, 0.1) is 0 Å². The first kappa shape index (κ1) is 18.2. The van der Waals surface area contributed by atoms with E-state index in [1.807, 2.05) is 0 Å². The van der Waals surface area contributed by atoms with Gasteiger partial charge in [0.15, 0.2) is 0 Å². The molecule has 1 N–H and O–H groups in total. The maximum Gasteiger partial charge on any atom is 0.255 e. The van der Waals surface area contributed by atoms with Crippen molar-refractivity contribution in [3.05, 3.63) is 65.5 Å². The van der Waals surface area contributed by atoms with E-state index in [1.54, 1.807) is 34.1 Å². The van der Waals surface area contributed by atoms with Crippen molar-refractivity contribution in [1.29, 1.82) is 0 Å². The molecule has 0 aromatic heterocycles. The van der Waals surface area contributed by atoms with E-state index in [0.29, 0.717) is 24.3 Å². The molecular formula is C21H20FN3O3. The van der Waals surface area contributed by atoms with Crippen molar-refractivity contribution in [2.45, 2.75) is 25.4 Å². The van der Waals surface area contributed by atoms with Gasteiger partial charge in [-0.1, -0.05) is 12.1 Å². The van der Waals surface area contributed by atoms with E-state index in [4.69, 9.17) is 0 Å². The summed E-state index contributed by atoms with van der Waals surface area (Å²) in [6.07, 6.45) is 1.59. The Morgan fingerprint density at radius 3 is 2.50 bits per heavy atom. The largest absolute Gasteiger partial charge is 0.329 e. The van der Waals surface area contributed by atoms with Gasteiger partial charge in [0, 0.05) is 24.3 Å². The first-order valence-electron chi connectivity index (χ1n) is 9.25. The molecule has 2 aromatic carbocycles. The van der Waals surface area contributed by atoms with Gasteiger partial charge in [-0.25, -0.2) is 4.39 Å². The highest BCUT2D eigenvalue weighted by Gasteiger charge is 2.41. The first-order valence-corrected chi connectivity index (χ1v) is 9.25. The fraction of sp³-hybridized carbons (Fsp3) is 0.286. The molecule has 6 nitrogen and oxygen atoms in total. The van der Waals surface area contributed by atoms with Crippen LogP contribution in [0.5, 0.6) is 0 Å². The van der Waals surface area contributed by atoms with Crippen LogP contribution in [0, 0.1) is 5.82 Å². The van der Waals surface area contributed by atoms with Gasteiger partial charge in [-0.15, -0.1) is 0 Å². The van der Waals surface area contributed by atoms with Crippen LogP contribution in [0.4, 0.5) is 10.1 Å². The summed E-state index contributed by atoms with van der Waals surface area (Å²) in [4.78, 5) is 40.4. The zero-order chi connectivity index (χ0) is 19.7. The molecule has 1 atom stereocenters. The number of nitrogens with zero attached hydrogens (tertiary/aromatic N) is 2. The van der Waals surface area contributed by atoms with E-state index in [-0.39, 0.29) is 36.1 Å². The molecule has 7 heteroatoms. The lowest BCUT2D eigenvalue weighted by molar-refractivity contribution is -0.154. The molecule has 2 aromatic rings. The van der Waals surface area contributed by atoms with Crippen LogP contribution in [0.2, 0.25) is 0 Å². The summed E-state index contributed by atoms with van der Waals surface area (Å²) in [7, 11) is 0. The molecule has 0 aliphatic carbocycles. The molecule has 0 bridgehead atoms. The molecule has 0 radical (unpaired) electrons. The minimum absolute atomic E-state index is 0.00241. The quantitative estimate of drug-likeness (QED) is 0.884. The molecule has 0 spiro atoms. The van der Waals surface area contributed by atoms with Crippen LogP contribution >= 0.6 is 0 Å². The number of carbonyl (C=O) groups is 3. The van der Waals surface area contributed by atoms with Crippen molar-refractivity contribution < 1.29 is 18.8 Å². The number of amides is 3. The monoisotopic (exact) mass is 381 g/mol. The second-order valence-electron chi connectivity index (χ2n) is 7.10. The number of piperazine rings is 1. The van der Waals surface area contributed by atoms with Crippen LogP contribution in [0.1, 0.15) is 28.8 Å². The Kier molecular flexibility index (Phi) is 4.81. The third kappa shape index (κ3) is 3.60. The molecule has 28 heavy (non-hydrogen) atoms. The van der Waals surface area contributed by atoms with E-state index in [9.17, 15) is 18.8 Å². The van der Waals surface area contributed by atoms with E-state index in [0.717, 1.165) is 18.4 Å². The van der Waals surface area contributed by atoms with Crippen LogP contribution in [-0.2, 0) is 16.1 Å². The molecule has 3 amide bonds. The number of halogens is 1. The number of rotatable bonds is 4. The number of nitrogens with one attached hydrogen (secondary N) is 1. The predicted molar refractivity (Wildman–Crippen MR) is 101 cm³/mol. The molecule has 4 rings (SSSR count). The highest BCUT2D eigenvalue weighted by atomic mass is 19.1. The topological polar surface area (TPSA) is 69.7 Å². The normalized spacial score (nSPS) is 19.0. The summed E-state index contributed by atoms with van der Waals surface area (Å²) in [5.41, 5.74) is 1.82. The van der Waals surface area contributed by atoms with E-state index in [2.05, 4.69) is 5.32 Å². The minimum atomic E-state index is -0.367. The number of carbonyl (C=O) groups excluding carboxylic acids is 3. The Morgan fingerprint density at radius 2 is 1.79 bits per heavy atom. The van der Waals surface area contributed by atoms with Gasteiger partial charge in [-0.3, -0.25) is 14.4 Å². The van der Waals surface area contributed by atoms with E-state index < -0.39 is 0 Å². The van der Waals surface area contributed by atoms with Crippen molar-refractivity contribution in [3.63, 3.8) is 0 Å². The van der Waals surface area contributed by atoms with Crippen molar-refractivity contribution in [2.24, 2.45) is 0 Å². The summed E-state index contributed by atoms with van der Waals surface area (Å²) in [6.45, 7) is 1.11. The second-order valence-corrected chi connectivity index (χ2v) is 7.10. The average molecular weight is 381 g/mol. The van der Waals surface area contributed by atoms with Crippen LogP contribution < -0.4 is 5.32 Å². The van der Waals surface area contributed by atoms with Crippen molar-refractivity contribution in [1.82, 2.24) is 9.80 Å². The van der Waals surface area contributed by atoms with Gasteiger partial charge in [-0.05, 0) is 54.8 Å². The summed E-state index contributed by atoms with van der Waals surface area (Å²) >= 11 is 0. The van der Waals surface area contributed by atoms with Gasteiger partial charge in [-0.2, -0.15) is 0 Å². The Morgan fingerprint density at radius 1 is 1.07 bits per heavy atom. The molecule has 2 saturated heterocycles. The molecule has 1 unspecified atom stereocenters. The number of hydrogen-bond donors (Lipinski definition) is 1. The van der Waals surface area contributed by atoms with Crippen LogP contribution in [-0.4, -0.2) is 46.7 Å². The third-order valence-electron chi connectivity index (χ3n) is 5.19. The van der Waals surface area contributed by atoms with Crippen LogP contribution in [0.3, 0.4) is 0 Å². The van der Waals surface area contributed by atoms with E-state index >= 15 is 0 Å². The fourth-order valence-electron chi connectivity index (χ4n) is 3.72. The third-order valence-corrected chi connectivity index (χ3v) is 5.19. The Labute approximate surface area is 161 Å². The lowest BCUT2D eigenvalue weighted by atomic mass is 10.1. The SMILES string of the molecule is O=C(Nc1ccc(F)cc1)c1ccc(CN2CC(=O)N3CCCC3C2=O)cc1. The fourth-order valence-corrected chi connectivity index (χ4v) is 3.72. The molecular weight excluding hydrogens is 361 g/mol. The average Bonchev–Trinajstić information content (AvgIpc) is 3.19. The molecule has 144 valence electrons. The first-order chi connectivity index (χ1) is 13.5. The lowest BCUT2D eigenvalue weighted by Crippen LogP contribution is -2.56. The van der Waals surface area contributed by atoms with Gasteiger partial charge in [0.2, 0.25) is 11.8 Å². The summed E-state index contributed by atoms with van der Waals surface area (Å²) in [5.74, 6) is -0.676. The molecule has 2 fully saturated rings. The number of hydrogen-bond acceptors (Lipinski definition) is 3. The zero-order valence-corrected chi connectivity index (χ0v) is 15.2. The second kappa shape index (κ2) is 7.42. The summed E-state index contributed by atoms with van der Waals surface area (Å²) in [5, 5.41) is 2.70. The van der Waals surface area contributed by atoms with Gasteiger partial charge < -0.3 is 15.1 Å². The highest BCUT2D eigenvalue weighted by molar-refractivity contribution is 6.04. The van der Waals surface area contributed by atoms with Gasteiger partial charge in [0.25, 0.3) is 5.91 Å². The summed E-state index contributed by atoms with van der Waals surface area (Å²) < 4.78 is 12.9. The zero-order valence-electron chi connectivity index (χ0n) is 15.2. The van der Waals surface area contributed by atoms with Crippen LogP contribution in [0.25, 0.3) is 0 Å². The molecule has 2 aliphatic rings. The maximum atomic E-state index is 12.9. The van der Waals surface area contributed by atoms with Crippen molar-refractivity contribution >= 4 is 23.4 Å². The van der Waals surface area contributed by atoms with E-state index in [1.165, 1.54) is 24.3 Å². The number of fused-ring (bicyclic) bond motifs is 1. The summed E-state index contributed by atoms with van der Waals surface area (Å²) in [6, 6.07) is 12.1. The van der Waals surface area contributed by atoms with Gasteiger partial charge >= 0.3 is 0 Å². The Hall–Kier alpha value is -3.22. The maximum absolute atomic E-state index is 12.9. The molecule has 2 aliphatic heterocycles.